The van der Waals surface area contributed by atoms with Gasteiger partial charge in [-0.3, -0.25) is 5.10 Å². The molecule has 1 atom stereocenters. The third kappa shape index (κ3) is 5.00. The van der Waals surface area contributed by atoms with Crippen LogP contribution in [0.3, 0.4) is 0 Å². The lowest BCUT2D eigenvalue weighted by molar-refractivity contribution is -0.0138. The fourth-order valence-electron chi connectivity index (χ4n) is 5.38. The van der Waals surface area contributed by atoms with E-state index in [0.717, 1.165) is 53.9 Å². The Morgan fingerprint density at radius 3 is 2.72 bits per heavy atom. The van der Waals surface area contributed by atoms with Gasteiger partial charge < -0.3 is 25.0 Å². The van der Waals surface area contributed by atoms with E-state index in [0.29, 0.717) is 31.3 Å². The van der Waals surface area contributed by atoms with E-state index in [4.69, 9.17) is 16.3 Å². The van der Waals surface area contributed by atoms with Crippen LogP contribution in [0, 0.1) is 11.3 Å². The van der Waals surface area contributed by atoms with Crippen molar-refractivity contribution in [3.05, 3.63) is 47.2 Å². The molecule has 0 spiro atoms. The van der Waals surface area contributed by atoms with Crippen LogP contribution in [0.5, 0.6) is 0 Å². The Morgan fingerprint density at radius 2 is 1.97 bits per heavy atom. The second kappa shape index (κ2) is 10.2. The Morgan fingerprint density at radius 1 is 1.22 bits per heavy atom. The number of nitrogens with zero attached hydrogens (tertiary/aromatic N) is 4. The highest BCUT2D eigenvalue weighted by Crippen LogP contribution is 2.46. The Hall–Kier alpha value is -2.88. The first kappa shape index (κ1) is 24.8. The predicted octanol–water partition coefficient (Wildman–Crippen LogP) is 4.45. The number of H-pyrrole nitrogens is 1. The van der Waals surface area contributed by atoms with Crippen LogP contribution in [0.2, 0.25) is 5.02 Å². The summed E-state index contributed by atoms with van der Waals surface area (Å²) in [5.41, 5.74) is 1.89. The molecule has 5 rings (SSSR count). The minimum Gasteiger partial charge on any atom is -0.388 e. The van der Waals surface area contributed by atoms with Crippen molar-refractivity contribution >= 4 is 40.0 Å². The molecule has 1 unspecified atom stereocenters. The number of fused-ring (bicyclic) bond motifs is 1. The number of halogens is 1. The van der Waals surface area contributed by atoms with Crippen molar-refractivity contribution in [3.63, 3.8) is 0 Å². The molecule has 10 heteroatoms. The SMILES string of the molecule is CC(C)(C1CCN(C(=O)Nc2ccnc(N3CCOCC3)c2)CC1)C(O)c1cc(Cl)cc2cn[nH]c12. The maximum atomic E-state index is 13.0. The molecule has 2 fully saturated rings. The first-order valence-electron chi connectivity index (χ1n) is 12.5. The number of hydrogen-bond acceptors (Lipinski definition) is 6. The molecule has 9 nitrogen and oxygen atoms in total. The quantitative estimate of drug-likeness (QED) is 0.466. The van der Waals surface area contributed by atoms with Gasteiger partial charge in [0.2, 0.25) is 0 Å². The van der Waals surface area contributed by atoms with Crippen LogP contribution in [0.1, 0.15) is 38.4 Å². The van der Waals surface area contributed by atoms with E-state index >= 15 is 0 Å². The maximum Gasteiger partial charge on any atom is 0.321 e. The summed E-state index contributed by atoms with van der Waals surface area (Å²) in [5.74, 6) is 1.08. The number of carbonyl (C=O) groups is 1. The van der Waals surface area contributed by atoms with Gasteiger partial charge in [0.25, 0.3) is 0 Å². The molecule has 192 valence electrons. The minimum absolute atomic E-state index is 0.111. The number of hydrogen-bond donors (Lipinski definition) is 3. The second-order valence-corrected chi connectivity index (χ2v) is 10.7. The summed E-state index contributed by atoms with van der Waals surface area (Å²) in [6.07, 6.45) is 4.33. The number of ether oxygens (including phenoxy) is 1. The molecule has 3 aromatic rings. The number of benzene rings is 1. The number of anilines is 2. The molecule has 2 aromatic heterocycles. The van der Waals surface area contributed by atoms with Gasteiger partial charge in [0.1, 0.15) is 5.82 Å². The number of aromatic nitrogens is 3. The smallest absolute Gasteiger partial charge is 0.321 e. The van der Waals surface area contributed by atoms with Crippen LogP contribution in [0.4, 0.5) is 16.3 Å². The first-order chi connectivity index (χ1) is 17.3. The lowest BCUT2D eigenvalue weighted by Gasteiger charge is -2.43. The summed E-state index contributed by atoms with van der Waals surface area (Å²) < 4.78 is 5.42. The van der Waals surface area contributed by atoms with E-state index in [1.54, 1.807) is 12.4 Å². The molecule has 0 saturated carbocycles. The number of piperidine rings is 1. The zero-order valence-corrected chi connectivity index (χ0v) is 21.5. The highest BCUT2D eigenvalue weighted by molar-refractivity contribution is 6.31. The number of nitrogens with one attached hydrogen (secondary N) is 2. The van der Waals surface area contributed by atoms with Gasteiger partial charge in [-0.1, -0.05) is 25.4 Å². The fourth-order valence-corrected chi connectivity index (χ4v) is 5.61. The molecule has 1 aromatic carbocycles. The lowest BCUT2D eigenvalue weighted by Crippen LogP contribution is -2.45. The monoisotopic (exact) mass is 512 g/mol. The highest BCUT2D eigenvalue weighted by atomic mass is 35.5. The topological polar surface area (TPSA) is 107 Å². The number of amides is 2. The van der Waals surface area contributed by atoms with Gasteiger partial charge in [-0.25, -0.2) is 9.78 Å². The van der Waals surface area contributed by atoms with Gasteiger partial charge in [0.05, 0.1) is 31.0 Å². The molecule has 4 heterocycles. The van der Waals surface area contributed by atoms with Crippen molar-refractivity contribution in [2.45, 2.75) is 32.8 Å². The van der Waals surface area contributed by atoms with Crippen LogP contribution in [0.25, 0.3) is 10.9 Å². The molecule has 0 bridgehead atoms. The Labute approximate surface area is 215 Å². The highest BCUT2D eigenvalue weighted by Gasteiger charge is 2.40. The van der Waals surface area contributed by atoms with E-state index in [-0.39, 0.29) is 11.9 Å². The van der Waals surface area contributed by atoms with Gasteiger partial charge in [-0.2, -0.15) is 5.10 Å². The summed E-state index contributed by atoms with van der Waals surface area (Å²) in [6.45, 7) is 8.38. The summed E-state index contributed by atoms with van der Waals surface area (Å²) in [6, 6.07) is 7.27. The van der Waals surface area contributed by atoms with Gasteiger partial charge in [0.15, 0.2) is 0 Å². The van der Waals surface area contributed by atoms with Gasteiger partial charge in [0, 0.05) is 60.1 Å². The molecule has 2 saturated heterocycles. The van der Waals surface area contributed by atoms with Gasteiger partial charge >= 0.3 is 6.03 Å². The molecule has 2 aliphatic rings. The summed E-state index contributed by atoms with van der Waals surface area (Å²) >= 11 is 6.32. The average molecular weight is 513 g/mol. The molecule has 0 radical (unpaired) electrons. The minimum atomic E-state index is -0.722. The Kier molecular flexibility index (Phi) is 7.05. The standard InChI is InChI=1S/C26H33ClN6O3/c1-26(2,24(34)21-14-19(27)13-17-16-29-31-23(17)21)18-4-7-33(8-5-18)25(35)30-20-3-6-28-22(15-20)32-9-11-36-12-10-32/h3,6,13-16,18,24,34H,4-5,7-12H2,1-2H3,(H,29,31)(H,28,30,35). The summed E-state index contributed by atoms with van der Waals surface area (Å²) in [4.78, 5) is 21.5. The van der Waals surface area contributed by atoms with Crippen LogP contribution in [-0.4, -0.2) is 70.6 Å². The third-order valence-corrected chi connectivity index (χ3v) is 7.93. The van der Waals surface area contributed by atoms with Crippen LogP contribution < -0.4 is 10.2 Å². The van der Waals surface area contributed by atoms with E-state index in [1.165, 1.54) is 0 Å². The van der Waals surface area contributed by atoms with Gasteiger partial charge in [-0.15, -0.1) is 0 Å². The number of aromatic amines is 1. The second-order valence-electron chi connectivity index (χ2n) is 10.2. The molecular weight excluding hydrogens is 480 g/mol. The Bertz CT molecular complexity index is 1220. The largest absolute Gasteiger partial charge is 0.388 e. The van der Waals surface area contributed by atoms with Crippen molar-refractivity contribution in [2.75, 3.05) is 49.6 Å². The summed E-state index contributed by atoms with van der Waals surface area (Å²) in [7, 11) is 0. The molecule has 0 aliphatic carbocycles. The fraction of sp³-hybridized carbons (Fsp3) is 0.500. The third-order valence-electron chi connectivity index (χ3n) is 7.71. The molecule has 3 N–H and O–H groups in total. The zero-order valence-electron chi connectivity index (χ0n) is 20.7. The van der Waals surface area contributed by atoms with Crippen LogP contribution >= 0.6 is 11.6 Å². The lowest BCUT2D eigenvalue weighted by atomic mass is 9.68. The van der Waals surface area contributed by atoms with Crippen LogP contribution in [-0.2, 0) is 4.74 Å². The Balaban J connectivity index is 1.21. The molecule has 2 amide bonds. The molecule has 36 heavy (non-hydrogen) atoms. The number of aliphatic hydroxyl groups excluding tert-OH is 1. The molecular formula is C26H33ClN6O3. The number of likely N-dealkylation sites (tertiary alicyclic amines) is 1. The van der Waals surface area contributed by atoms with Crippen molar-refractivity contribution in [3.8, 4) is 0 Å². The number of carbonyl (C=O) groups excluding carboxylic acids is 1. The predicted molar refractivity (Wildman–Crippen MR) is 140 cm³/mol. The van der Waals surface area contributed by atoms with E-state index in [1.807, 2.05) is 29.2 Å². The van der Waals surface area contributed by atoms with E-state index in [2.05, 4.69) is 39.2 Å². The van der Waals surface area contributed by atoms with Crippen molar-refractivity contribution < 1.29 is 14.6 Å². The van der Waals surface area contributed by atoms with Gasteiger partial charge in [-0.05, 0) is 42.4 Å². The first-order valence-corrected chi connectivity index (χ1v) is 12.9. The molecule has 2 aliphatic heterocycles. The number of pyridine rings is 1. The summed E-state index contributed by atoms with van der Waals surface area (Å²) in [5, 5.41) is 23.0. The van der Waals surface area contributed by atoms with Crippen molar-refractivity contribution in [1.82, 2.24) is 20.1 Å². The van der Waals surface area contributed by atoms with E-state index < -0.39 is 11.5 Å². The number of urea groups is 1. The zero-order chi connectivity index (χ0) is 25.3. The number of morpholine rings is 1. The van der Waals surface area contributed by atoms with E-state index in [9.17, 15) is 9.90 Å². The number of aliphatic hydroxyl groups is 1. The average Bonchev–Trinajstić information content (AvgIpc) is 3.37. The maximum absolute atomic E-state index is 13.0. The number of rotatable bonds is 5. The van der Waals surface area contributed by atoms with Crippen LogP contribution in [0.15, 0.2) is 36.7 Å². The normalized spacial score (nSPS) is 18.4. The van der Waals surface area contributed by atoms with Crippen molar-refractivity contribution in [1.29, 1.82) is 0 Å². The van der Waals surface area contributed by atoms with Crippen molar-refractivity contribution in [2.24, 2.45) is 11.3 Å².